The largest absolute Gasteiger partial charge is 0.479 e. The van der Waals surface area contributed by atoms with E-state index in [1.54, 1.807) is 6.07 Å². The first-order valence-corrected chi connectivity index (χ1v) is 8.71. The Balaban J connectivity index is 1.93. The first-order valence-electron chi connectivity index (χ1n) is 8.33. The van der Waals surface area contributed by atoms with Crippen LogP contribution in [0.15, 0.2) is 48.0 Å². The van der Waals surface area contributed by atoms with Crippen molar-refractivity contribution in [3.63, 3.8) is 0 Å². The highest BCUT2D eigenvalue weighted by Crippen LogP contribution is 2.28. The van der Waals surface area contributed by atoms with Gasteiger partial charge in [0.25, 0.3) is 17.5 Å². The van der Waals surface area contributed by atoms with Crippen LogP contribution in [0.4, 0.5) is 16.2 Å². The number of carbonyl (C=O) groups is 3. The zero-order chi connectivity index (χ0) is 21.8. The number of amides is 4. The maximum Gasteiger partial charge on any atom is 0.335 e. The van der Waals surface area contributed by atoms with Crippen LogP contribution in [0.25, 0.3) is 6.08 Å². The van der Waals surface area contributed by atoms with Crippen LogP contribution in [0.1, 0.15) is 5.56 Å². The van der Waals surface area contributed by atoms with Crippen LogP contribution in [0.5, 0.6) is 5.75 Å². The van der Waals surface area contributed by atoms with Crippen LogP contribution in [0.3, 0.4) is 0 Å². The van der Waals surface area contributed by atoms with Gasteiger partial charge in [-0.1, -0.05) is 23.6 Å². The summed E-state index contributed by atoms with van der Waals surface area (Å²) in [5.41, 5.74) is -0.0549. The number of carbonyl (C=O) groups excluding carboxylic acids is 3. The number of nitrogens with zero attached hydrogens (tertiary/aromatic N) is 2. The lowest BCUT2D eigenvalue weighted by atomic mass is 10.1. The van der Waals surface area contributed by atoms with Crippen molar-refractivity contribution in [3.05, 3.63) is 68.7 Å². The van der Waals surface area contributed by atoms with Crippen LogP contribution in [-0.2, 0) is 9.59 Å². The number of terminal acetylenes is 1. The summed E-state index contributed by atoms with van der Waals surface area (Å²) >= 11 is 6.12. The standard InChI is InChI=1S/C20H12ClN3O6/c1-2-9-30-17-8-3-12(11-16(17)21)10-15-18(25)22-20(27)23(19(15)26)13-4-6-14(7-5-13)24(28)29/h1,3-8,10-11H,9H2,(H,22,25,27)/b15-10-. The van der Waals surface area contributed by atoms with Gasteiger partial charge in [-0.3, -0.25) is 25.0 Å². The lowest BCUT2D eigenvalue weighted by Gasteiger charge is -2.26. The van der Waals surface area contributed by atoms with Gasteiger partial charge in [-0.25, -0.2) is 9.69 Å². The molecule has 1 heterocycles. The molecule has 10 heteroatoms. The number of ether oxygens (including phenoxy) is 1. The summed E-state index contributed by atoms with van der Waals surface area (Å²) in [7, 11) is 0. The van der Waals surface area contributed by atoms with E-state index in [-0.39, 0.29) is 28.6 Å². The monoisotopic (exact) mass is 425 g/mol. The molecule has 2 aromatic carbocycles. The Kier molecular flexibility index (Phi) is 5.80. The van der Waals surface area contributed by atoms with E-state index in [9.17, 15) is 24.5 Å². The molecule has 1 N–H and O–H groups in total. The number of nitro groups is 1. The van der Waals surface area contributed by atoms with Crippen LogP contribution in [0.2, 0.25) is 5.02 Å². The molecule has 1 saturated heterocycles. The fourth-order valence-electron chi connectivity index (χ4n) is 2.63. The van der Waals surface area contributed by atoms with Crippen molar-refractivity contribution in [2.24, 2.45) is 0 Å². The first-order chi connectivity index (χ1) is 14.3. The molecule has 0 spiro atoms. The second-order valence-electron chi connectivity index (χ2n) is 5.91. The molecule has 3 rings (SSSR count). The molecule has 0 unspecified atom stereocenters. The van der Waals surface area contributed by atoms with Crippen molar-refractivity contribution in [2.75, 3.05) is 11.5 Å². The van der Waals surface area contributed by atoms with Gasteiger partial charge in [0, 0.05) is 12.1 Å². The molecule has 0 bridgehead atoms. The average molecular weight is 426 g/mol. The number of nitro benzene ring substituents is 1. The zero-order valence-corrected chi connectivity index (χ0v) is 15.9. The van der Waals surface area contributed by atoms with Gasteiger partial charge < -0.3 is 4.74 Å². The Morgan fingerprint density at radius 1 is 1.20 bits per heavy atom. The molecule has 9 nitrogen and oxygen atoms in total. The minimum atomic E-state index is -0.966. The Morgan fingerprint density at radius 2 is 1.90 bits per heavy atom. The normalized spacial score (nSPS) is 15.0. The summed E-state index contributed by atoms with van der Waals surface area (Å²) in [6.07, 6.45) is 6.39. The van der Waals surface area contributed by atoms with Gasteiger partial charge in [-0.05, 0) is 35.9 Å². The van der Waals surface area contributed by atoms with Crippen molar-refractivity contribution in [3.8, 4) is 18.1 Å². The van der Waals surface area contributed by atoms with E-state index in [0.29, 0.717) is 16.2 Å². The number of nitrogens with one attached hydrogen (secondary N) is 1. The van der Waals surface area contributed by atoms with Gasteiger partial charge >= 0.3 is 6.03 Å². The Hall–Kier alpha value is -4.16. The molecule has 1 aliphatic heterocycles. The third kappa shape index (κ3) is 4.14. The molecule has 0 atom stereocenters. The highest BCUT2D eigenvalue weighted by atomic mass is 35.5. The van der Waals surface area contributed by atoms with E-state index >= 15 is 0 Å². The number of imide groups is 2. The second-order valence-corrected chi connectivity index (χ2v) is 6.32. The third-order valence-electron chi connectivity index (χ3n) is 4.00. The predicted octanol–water partition coefficient (Wildman–Crippen LogP) is 2.93. The summed E-state index contributed by atoms with van der Waals surface area (Å²) in [6.45, 7) is 0.0212. The van der Waals surface area contributed by atoms with Crippen molar-refractivity contribution < 1.29 is 24.0 Å². The minimum absolute atomic E-state index is 0.0212. The predicted molar refractivity (Wildman–Crippen MR) is 108 cm³/mol. The molecular weight excluding hydrogens is 414 g/mol. The topological polar surface area (TPSA) is 119 Å². The summed E-state index contributed by atoms with van der Waals surface area (Å²) in [6, 6.07) is 8.33. The molecule has 4 amide bonds. The number of hydrogen-bond acceptors (Lipinski definition) is 6. The van der Waals surface area contributed by atoms with Crippen LogP contribution >= 0.6 is 11.6 Å². The van der Waals surface area contributed by atoms with Crippen LogP contribution in [0, 0.1) is 22.5 Å². The van der Waals surface area contributed by atoms with Crippen LogP contribution < -0.4 is 15.0 Å². The maximum absolute atomic E-state index is 12.8. The number of hydrogen-bond donors (Lipinski definition) is 1. The Bertz CT molecular complexity index is 1130. The van der Waals surface area contributed by atoms with E-state index in [2.05, 4.69) is 11.2 Å². The van der Waals surface area contributed by atoms with E-state index in [1.165, 1.54) is 30.3 Å². The first kappa shape index (κ1) is 20.6. The highest BCUT2D eigenvalue weighted by Gasteiger charge is 2.37. The Morgan fingerprint density at radius 3 is 2.50 bits per heavy atom. The average Bonchev–Trinajstić information content (AvgIpc) is 2.70. The highest BCUT2D eigenvalue weighted by molar-refractivity contribution is 6.39. The lowest BCUT2D eigenvalue weighted by Crippen LogP contribution is -2.54. The fraction of sp³-hybridized carbons (Fsp3) is 0.0500. The Labute approximate surface area is 175 Å². The molecular formula is C20H12ClN3O6. The van der Waals surface area contributed by atoms with Gasteiger partial charge in [0.1, 0.15) is 17.9 Å². The summed E-state index contributed by atoms with van der Waals surface area (Å²) in [4.78, 5) is 48.1. The quantitative estimate of drug-likeness (QED) is 0.258. The number of benzene rings is 2. The molecule has 1 aliphatic rings. The van der Waals surface area contributed by atoms with Crippen LogP contribution in [-0.4, -0.2) is 29.4 Å². The molecule has 0 radical (unpaired) electrons. The smallest absolute Gasteiger partial charge is 0.335 e. The summed E-state index contributed by atoms with van der Waals surface area (Å²) in [5.74, 6) is 0.867. The second kappa shape index (κ2) is 8.46. The SMILES string of the molecule is C#CCOc1ccc(/C=C2/C(=O)NC(=O)N(c3ccc([N+](=O)[O-])cc3)C2=O)cc1Cl. The zero-order valence-electron chi connectivity index (χ0n) is 15.1. The van der Waals surface area contributed by atoms with Crippen molar-refractivity contribution in [1.82, 2.24) is 5.32 Å². The van der Waals surface area contributed by atoms with Gasteiger partial charge in [0.2, 0.25) is 0 Å². The lowest BCUT2D eigenvalue weighted by molar-refractivity contribution is -0.384. The molecule has 150 valence electrons. The van der Waals surface area contributed by atoms with E-state index in [1.807, 2.05) is 0 Å². The molecule has 0 aliphatic carbocycles. The van der Waals surface area contributed by atoms with E-state index < -0.39 is 22.8 Å². The number of urea groups is 1. The summed E-state index contributed by atoms with van der Waals surface area (Å²) in [5, 5.41) is 13.1. The van der Waals surface area contributed by atoms with Gasteiger partial charge in [0.05, 0.1) is 15.6 Å². The van der Waals surface area contributed by atoms with Crippen molar-refractivity contribution in [2.45, 2.75) is 0 Å². The fourth-order valence-corrected chi connectivity index (χ4v) is 2.87. The number of anilines is 1. The van der Waals surface area contributed by atoms with Crippen molar-refractivity contribution >= 4 is 46.9 Å². The molecule has 1 fully saturated rings. The van der Waals surface area contributed by atoms with Gasteiger partial charge in [-0.15, -0.1) is 6.42 Å². The van der Waals surface area contributed by atoms with Gasteiger partial charge in [0.15, 0.2) is 0 Å². The number of barbiturate groups is 1. The maximum atomic E-state index is 12.8. The van der Waals surface area contributed by atoms with Gasteiger partial charge in [-0.2, -0.15) is 0 Å². The van der Waals surface area contributed by atoms with E-state index in [0.717, 1.165) is 12.1 Å². The number of non-ortho nitro benzene ring substituents is 1. The third-order valence-corrected chi connectivity index (χ3v) is 4.29. The molecule has 0 saturated carbocycles. The van der Waals surface area contributed by atoms with Crippen molar-refractivity contribution in [1.29, 1.82) is 0 Å². The minimum Gasteiger partial charge on any atom is -0.479 e. The molecule has 2 aromatic rings. The number of halogens is 1. The molecule has 0 aromatic heterocycles. The molecule has 30 heavy (non-hydrogen) atoms. The summed E-state index contributed by atoms with van der Waals surface area (Å²) < 4.78 is 5.25. The van der Waals surface area contributed by atoms with E-state index in [4.69, 9.17) is 22.8 Å². The number of rotatable bonds is 5.